The van der Waals surface area contributed by atoms with Gasteiger partial charge in [0.15, 0.2) is 0 Å². The van der Waals surface area contributed by atoms with Crippen molar-refractivity contribution in [3.8, 4) is 6.07 Å². The van der Waals surface area contributed by atoms with Crippen molar-refractivity contribution in [1.82, 2.24) is 10.6 Å². The van der Waals surface area contributed by atoms with Gasteiger partial charge in [-0.25, -0.2) is 0 Å². The van der Waals surface area contributed by atoms with E-state index in [1.54, 1.807) is 24.3 Å². The molecule has 1 amide bonds. The Bertz CT molecular complexity index is 819. The molecule has 2 aliphatic carbocycles. The van der Waals surface area contributed by atoms with E-state index in [1.807, 2.05) is 0 Å². The molecule has 4 rings (SSSR count). The Labute approximate surface area is 154 Å². The van der Waals surface area contributed by atoms with Crippen LogP contribution in [-0.4, -0.2) is 24.0 Å². The van der Waals surface area contributed by atoms with Gasteiger partial charge in [-0.1, -0.05) is 30.3 Å². The van der Waals surface area contributed by atoms with Gasteiger partial charge in [-0.05, 0) is 55.5 Å². The molecular weight excluding hydrogens is 322 g/mol. The second-order valence-electron chi connectivity index (χ2n) is 7.52. The maximum absolute atomic E-state index is 12.6. The van der Waals surface area contributed by atoms with Crippen LogP contribution in [0.2, 0.25) is 0 Å². The second kappa shape index (κ2) is 6.93. The zero-order valence-corrected chi connectivity index (χ0v) is 14.7. The lowest BCUT2D eigenvalue weighted by molar-refractivity contribution is 0.0824. The average molecular weight is 345 g/mol. The van der Waals surface area contributed by atoms with Gasteiger partial charge in [-0.2, -0.15) is 5.26 Å². The smallest absolute Gasteiger partial charge is 0.251 e. The highest BCUT2D eigenvalue weighted by Crippen LogP contribution is 2.41. The van der Waals surface area contributed by atoms with E-state index in [2.05, 4.69) is 47.0 Å². The summed E-state index contributed by atoms with van der Waals surface area (Å²) in [6.45, 7) is 0.822. The van der Waals surface area contributed by atoms with E-state index in [0.717, 1.165) is 25.8 Å². The van der Waals surface area contributed by atoms with Crippen LogP contribution in [-0.2, 0) is 0 Å². The molecular formula is C22H23N3O. The number of nitrogens with one attached hydrogen (secondary N) is 2. The van der Waals surface area contributed by atoms with E-state index in [4.69, 9.17) is 5.26 Å². The van der Waals surface area contributed by atoms with Gasteiger partial charge in [0.25, 0.3) is 5.91 Å². The van der Waals surface area contributed by atoms with E-state index < -0.39 is 0 Å². The third-order valence-electron chi connectivity index (χ3n) is 5.69. The van der Waals surface area contributed by atoms with Crippen LogP contribution < -0.4 is 10.6 Å². The minimum Gasteiger partial charge on any atom is -0.345 e. The minimum absolute atomic E-state index is 0.0496. The van der Waals surface area contributed by atoms with Crippen molar-refractivity contribution in [3.05, 3.63) is 71.3 Å². The quantitative estimate of drug-likeness (QED) is 0.844. The molecule has 0 radical (unpaired) electrons. The predicted octanol–water partition coefficient (Wildman–Crippen LogP) is 3.36. The number of nitrogens with zero attached hydrogens (tertiary/aromatic N) is 1. The molecule has 2 unspecified atom stereocenters. The first-order valence-corrected chi connectivity index (χ1v) is 9.30. The van der Waals surface area contributed by atoms with Crippen LogP contribution in [0.25, 0.3) is 0 Å². The highest BCUT2D eigenvalue weighted by Gasteiger charge is 2.43. The van der Waals surface area contributed by atoms with E-state index >= 15 is 0 Å². The summed E-state index contributed by atoms with van der Waals surface area (Å²) >= 11 is 0. The molecule has 2 aromatic rings. The molecule has 2 saturated carbocycles. The first-order valence-electron chi connectivity index (χ1n) is 9.30. The highest BCUT2D eigenvalue weighted by atomic mass is 16.1. The zero-order chi connectivity index (χ0) is 18.0. The first kappa shape index (κ1) is 16.8. The van der Waals surface area contributed by atoms with E-state index in [-0.39, 0.29) is 11.4 Å². The predicted molar refractivity (Wildman–Crippen MR) is 101 cm³/mol. The fourth-order valence-corrected chi connectivity index (χ4v) is 3.77. The molecule has 0 spiro atoms. The molecule has 0 heterocycles. The summed E-state index contributed by atoms with van der Waals surface area (Å²) in [4.78, 5) is 12.6. The number of rotatable bonds is 6. The molecule has 2 N–H and O–H groups in total. The minimum atomic E-state index is -0.130. The lowest BCUT2D eigenvalue weighted by atomic mass is 9.76. The Morgan fingerprint density at radius 2 is 1.85 bits per heavy atom. The zero-order valence-electron chi connectivity index (χ0n) is 14.7. The van der Waals surface area contributed by atoms with Gasteiger partial charge in [-0.3, -0.25) is 4.79 Å². The lowest BCUT2D eigenvalue weighted by Gasteiger charge is -2.43. The monoisotopic (exact) mass is 345 g/mol. The molecule has 2 aliphatic rings. The van der Waals surface area contributed by atoms with Gasteiger partial charge in [0.1, 0.15) is 0 Å². The second-order valence-corrected chi connectivity index (χ2v) is 7.52. The van der Waals surface area contributed by atoms with E-state index in [9.17, 15) is 4.79 Å². The number of benzene rings is 2. The van der Waals surface area contributed by atoms with Gasteiger partial charge in [0.05, 0.1) is 17.2 Å². The standard InChI is InChI=1S/C22H23N3O/c23-14-16-7-9-18(10-8-16)21(26)25-22(11-4-12-22)15-24-20-13-19(20)17-5-2-1-3-6-17/h1-3,5-10,19-20,24H,4,11-13,15H2,(H,25,26). The van der Waals surface area contributed by atoms with Crippen LogP contribution in [0.3, 0.4) is 0 Å². The van der Waals surface area contributed by atoms with Crippen molar-refractivity contribution in [1.29, 1.82) is 5.26 Å². The van der Waals surface area contributed by atoms with Crippen LogP contribution in [0, 0.1) is 11.3 Å². The molecule has 0 aromatic heterocycles. The molecule has 2 aromatic carbocycles. The molecule has 0 saturated heterocycles. The van der Waals surface area contributed by atoms with E-state index in [0.29, 0.717) is 23.1 Å². The Kier molecular flexibility index (Phi) is 4.48. The molecule has 0 aliphatic heterocycles. The van der Waals surface area contributed by atoms with Crippen molar-refractivity contribution in [2.24, 2.45) is 0 Å². The highest BCUT2D eigenvalue weighted by molar-refractivity contribution is 5.94. The fraction of sp³-hybridized carbons (Fsp3) is 0.364. The number of carbonyl (C=O) groups excluding carboxylic acids is 1. The molecule has 2 fully saturated rings. The number of amides is 1. The van der Waals surface area contributed by atoms with Crippen LogP contribution in [0.1, 0.15) is 53.1 Å². The SMILES string of the molecule is N#Cc1ccc(C(=O)NC2(CNC3CC3c3ccccc3)CCC2)cc1. The van der Waals surface area contributed by atoms with Gasteiger partial charge in [0.2, 0.25) is 0 Å². The van der Waals surface area contributed by atoms with Crippen molar-refractivity contribution in [2.45, 2.75) is 43.2 Å². The normalized spacial score (nSPS) is 22.7. The third kappa shape index (κ3) is 3.49. The number of carbonyl (C=O) groups is 1. The number of hydrogen-bond acceptors (Lipinski definition) is 3. The summed E-state index contributed by atoms with van der Waals surface area (Å²) in [6, 6.07) is 20.0. The van der Waals surface area contributed by atoms with E-state index in [1.165, 1.54) is 12.0 Å². The Hall–Kier alpha value is -2.64. The van der Waals surface area contributed by atoms with Gasteiger partial charge in [-0.15, -0.1) is 0 Å². The Morgan fingerprint density at radius 3 is 2.46 bits per heavy atom. The molecule has 0 bridgehead atoms. The van der Waals surface area contributed by atoms with Gasteiger partial charge >= 0.3 is 0 Å². The average Bonchev–Trinajstić information content (AvgIpc) is 3.44. The molecule has 4 heteroatoms. The number of nitriles is 1. The maximum atomic E-state index is 12.6. The van der Waals surface area contributed by atoms with Crippen molar-refractivity contribution in [2.75, 3.05) is 6.54 Å². The lowest BCUT2D eigenvalue weighted by Crippen LogP contribution is -2.59. The number of hydrogen-bond donors (Lipinski definition) is 2. The van der Waals surface area contributed by atoms with Crippen LogP contribution in [0.4, 0.5) is 0 Å². The van der Waals surface area contributed by atoms with Crippen LogP contribution in [0.5, 0.6) is 0 Å². The van der Waals surface area contributed by atoms with Crippen molar-refractivity contribution >= 4 is 5.91 Å². The van der Waals surface area contributed by atoms with Crippen molar-refractivity contribution < 1.29 is 4.79 Å². The summed E-state index contributed by atoms with van der Waals surface area (Å²) in [5, 5.41) is 15.8. The summed E-state index contributed by atoms with van der Waals surface area (Å²) in [6.07, 6.45) is 4.36. The molecule has 2 atom stereocenters. The topological polar surface area (TPSA) is 64.9 Å². The van der Waals surface area contributed by atoms with Gasteiger partial charge in [0, 0.05) is 24.1 Å². The first-order chi connectivity index (χ1) is 12.7. The summed E-state index contributed by atoms with van der Waals surface area (Å²) in [5.74, 6) is 0.550. The Balaban J connectivity index is 1.33. The molecule has 132 valence electrons. The Morgan fingerprint density at radius 1 is 1.12 bits per heavy atom. The summed E-state index contributed by atoms with van der Waals surface area (Å²) in [7, 11) is 0. The van der Waals surface area contributed by atoms with Crippen LogP contribution >= 0.6 is 0 Å². The largest absolute Gasteiger partial charge is 0.345 e. The fourth-order valence-electron chi connectivity index (χ4n) is 3.77. The van der Waals surface area contributed by atoms with Crippen LogP contribution in [0.15, 0.2) is 54.6 Å². The van der Waals surface area contributed by atoms with Crippen molar-refractivity contribution in [3.63, 3.8) is 0 Å². The molecule has 26 heavy (non-hydrogen) atoms. The summed E-state index contributed by atoms with van der Waals surface area (Å²) < 4.78 is 0. The maximum Gasteiger partial charge on any atom is 0.251 e. The van der Waals surface area contributed by atoms with Gasteiger partial charge < -0.3 is 10.6 Å². The third-order valence-corrected chi connectivity index (χ3v) is 5.69. The summed E-state index contributed by atoms with van der Waals surface area (Å²) in [5.41, 5.74) is 2.45. The molecule has 4 nitrogen and oxygen atoms in total.